The summed E-state index contributed by atoms with van der Waals surface area (Å²) in [5.41, 5.74) is 5.82. The lowest BCUT2D eigenvalue weighted by Crippen LogP contribution is -2.38. The first kappa shape index (κ1) is 24.0. The summed E-state index contributed by atoms with van der Waals surface area (Å²) in [5.74, 6) is 1.33. The summed E-state index contributed by atoms with van der Waals surface area (Å²) in [6.07, 6.45) is 3.49. The summed E-state index contributed by atoms with van der Waals surface area (Å²) in [6.45, 7) is 0. The van der Waals surface area contributed by atoms with E-state index in [0.717, 1.165) is 40.8 Å². The van der Waals surface area contributed by atoms with Gasteiger partial charge in [-0.3, -0.25) is 9.36 Å². The molecule has 2 heterocycles. The van der Waals surface area contributed by atoms with E-state index in [9.17, 15) is 4.79 Å². The Balaban J connectivity index is 1.64. The quantitative estimate of drug-likeness (QED) is 0.331. The average Bonchev–Trinajstić information content (AvgIpc) is 3.22. The van der Waals surface area contributed by atoms with Gasteiger partial charge in [0.1, 0.15) is 11.5 Å². The van der Waals surface area contributed by atoms with Gasteiger partial charge in [0.2, 0.25) is 0 Å². The molecule has 186 valence electrons. The Kier molecular flexibility index (Phi) is 6.19. The lowest BCUT2D eigenvalue weighted by Gasteiger charge is -2.31. The zero-order chi connectivity index (χ0) is 25.7. The first-order chi connectivity index (χ1) is 18.0. The molecule has 0 N–H and O–H groups in total. The number of hydrogen-bond acceptors (Lipinski definition) is 5. The highest BCUT2D eigenvalue weighted by atomic mass is 35.5. The zero-order valence-corrected chi connectivity index (χ0v) is 22.5. The normalized spacial score (nSPS) is 16.5. The predicted molar refractivity (Wildman–Crippen MR) is 149 cm³/mol. The van der Waals surface area contributed by atoms with Crippen LogP contribution in [0.25, 0.3) is 11.8 Å². The molecule has 8 heteroatoms. The topological polar surface area (TPSA) is 52.8 Å². The molecule has 37 heavy (non-hydrogen) atoms. The van der Waals surface area contributed by atoms with Gasteiger partial charge in [0, 0.05) is 21.2 Å². The molecule has 5 nitrogen and oxygen atoms in total. The van der Waals surface area contributed by atoms with Crippen molar-refractivity contribution in [3.05, 3.63) is 118 Å². The number of methoxy groups -OCH3 is 2. The van der Waals surface area contributed by atoms with Gasteiger partial charge in [-0.1, -0.05) is 64.9 Å². The Morgan fingerprint density at radius 3 is 2.65 bits per heavy atom. The van der Waals surface area contributed by atoms with Gasteiger partial charge in [-0.15, -0.1) is 0 Å². The van der Waals surface area contributed by atoms with E-state index >= 15 is 0 Å². The van der Waals surface area contributed by atoms with E-state index in [1.165, 1.54) is 16.9 Å². The van der Waals surface area contributed by atoms with E-state index in [-0.39, 0.29) is 11.6 Å². The van der Waals surface area contributed by atoms with Crippen molar-refractivity contribution in [2.45, 2.75) is 18.9 Å². The Labute approximate surface area is 227 Å². The fourth-order valence-corrected chi connectivity index (χ4v) is 6.62. The minimum atomic E-state index is -0.376. The summed E-state index contributed by atoms with van der Waals surface area (Å²) in [4.78, 5) is 19.6. The van der Waals surface area contributed by atoms with Crippen molar-refractivity contribution in [2.75, 3.05) is 14.2 Å². The van der Waals surface area contributed by atoms with Crippen molar-refractivity contribution in [1.82, 2.24) is 4.57 Å². The third kappa shape index (κ3) is 4.09. The molecule has 6 rings (SSSR count). The highest BCUT2D eigenvalue weighted by molar-refractivity contribution is 7.07. The average molecular weight is 549 g/mol. The lowest BCUT2D eigenvalue weighted by atomic mass is 9.83. The molecule has 0 saturated carbocycles. The van der Waals surface area contributed by atoms with E-state index in [4.69, 9.17) is 37.7 Å². The van der Waals surface area contributed by atoms with Crippen LogP contribution in [-0.4, -0.2) is 18.8 Å². The van der Waals surface area contributed by atoms with Crippen molar-refractivity contribution >= 4 is 46.3 Å². The Morgan fingerprint density at radius 2 is 1.86 bits per heavy atom. The van der Waals surface area contributed by atoms with Crippen molar-refractivity contribution in [3.8, 4) is 11.5 Å². The molecular weight excluding hydrogens is 527 g/mol. The van der Waals surface area contributed by atoms with Crippen LogP contribution >= 0.6 is 34.5 Å². The fraction of sp³-hybridized carbons (Fsp3) is 0.172. The maximum absolute atomic E-state index is 14.0. The van der Waals surface area contributed by atoms with Crippen molar-refractivity contribution in [3.63, 3.8) is 0 Å². The third-order valence-electron chi connectivity index (χ3n) is 6.85. The number of allylic oxidation sites excluding steroid dienone is 1. The van der Waals surface area contributed by atoms with Crippen LogP contribution in [0, 0.1) is 0 Å². The number of halogens is 2. The van der Waals surface area contributed by atoms with E-state index in [1.807, 2.05) is 42.5 Å². The third-order valence-corrected chi connectivity index (χ3v) is 8.40. The molecule has 0 saturated heterocycles. The zero-order valence-electron chi connectivity index (χ0n) is 20.1. The summed E-state index contributed by atoms with van der Waals surface area (Å²) in [6, 6.07) is 18.9. The van der Waals surface area contributed by atoms with E-state index in [2.05, 4.69) is 18.2 Å². The molecular formula is C29H22Cl2N2O3S. The molecule has 1 atom stereocenters. The number of thiazole rings is 1. The fourth-order valence-electron chi connectivity index (χ4n) is 5.12. The van der Waals surface area contributed by atoms with Gasteiger partial charge in [0.15, 0.2) is 4.80 Å². The van der Waals surface area contributed by atoms with Gasteiger partial charge < -0.3 is 9.47 Å². The monoisotopic (exact) mass is 548 g/mol. The van der Waals surface area contributed by atoms with Crippen LogP contribution in [0.15, 0.2) is 76.0 Å². The Bertz CT molecular complexity index is 1770. The number of fused-ring (bicyclic) bond motifs is 3. The molecule has 0 fully saturated rings. The van der Waals surface area contributed by atoms with Gasteiger partial charge in [0.25, 0.3) is 5.56 Å². The molecule has 2 aliphatic rings. The molecule has 1 unspecified atom stereocenters. The number of nitrogens with zero attached hydrogens (tertiary/aromatic N) is 2. The van der Waals surface area contributed by atoms with Crippen LogP contribution < -0.4 is 24.4 Å². The van der Waals surface area contributed by atoms with Crippen LogP contribution in [0.5, 0.6) is 11.5 Å². The minimum absolute atomic E-state index is 0.130. The lowest BCUT2D eigenvalue weighted by molar-refractivity contribution is 0.402. The summed E-state index contributed by atoms with van der Waals surface area (Å²) in [5, 5.41) is 1.07. The molecule has 0 radical (unpaired) electrons. The molecule has 1 aliphatic carbocycles. The highest BCUT2D eigenvalue weighted by Crippen LogP contribution is 2.43. The first-order valence-corrected chi connectivity index (χ1v) is 13.4. The molecule has 1 aromatic heterocycles. The number of rotatable bonds is 4. The Morgan fingerprint density at radius 1 is 1.03 bits per heavy atom. The molecule has 0 amide bonds. The minimum Gasteiger partial charge on any atom is -0.497 e. The maximum Gasteiger partial charge on any atom is 0.271 e. The highest BCUT2D eigenvalue weighted by Gasteiger charge is 2.33. The molecule has 0 spiro atoms. The second kappa shape index (κ2) is 9.53. The number of benzene rings is 3. The molecule has 1 aliphatic heterocycles. The smallest absolute Gasteiger partial charge is 0.271 e. The predicted octanol–water partition coefficient (Wildman–Crippen LogP) is 5.64. The van der Waals surface area contributed by atoms with E-state index in [1.54, 1.807) is 24.9 Å². The van der Waals surface area contributed by atoms with Crippen LogP contribution in [0.4, 0.5) is 0 Å². The van der Waals surface area contributed by atoms with Crippen LogP contribution in [0.1, 0.15) is 34.7 Å². The van der Waals surface area contributed by atoms with Gasteiger partial charge in [-0.25, -0.2) is 4.99 Å². The summed E-state index contributed by atoms with van der Waals surface area (Å²) >= 11 is 14.3. The van der Waals surface area contributed by atoms with Gasteiger partial charge >= 0.3 is 0 Å². The summed E-state index contributed by atoms with van der Waals surface area (Å²) < 4.78 is 13.3. The SMILES string of the molecule is COc1ccc(OC)c(C=c2sc3n(c2=O)C(c2ccc(Cl)cc2Cl)C2=C(N=3)c3ccccc3CC2)c1. The molecule has 0 bridgehead atoms. The number of hydrogen-bond donors (Lipinski definition) is 0. The largest absolute Gasteiger partial charge is 0.497 e. The van der Waals surface area contributed by atoms with E-state index < -0.39 is 0 Å². The number of aryl methyl sites for hydroxylation is 1. The van der Waals surface area contributed by atoms with Crippen LogP contribution in [0.2, 0.25) is 10.0 Å². The summed E-state index contributed by atoms with van der Waals surface area (Å²) in [7, 11) is 3.21. The van der Waals surface area contributed by atoms with Crippen LogP contribution in [-0.2, 0) is 6.42 Å². The van der Waals surface area contributed by atoms with Crippen LogP contribution in [0.3, 0.4) is 0 Å². The van der Waals surface area contributed by atoms with Crippen molar-refractivity contribution in [1.29, 1.82) is 0 Å². The van der Waals surface area contributed by atoms with Gasteiger partial charge in [-0.05, 0) is 65.9 Å². The second-order valence-electron chi connectivity index (χ2n) is 8.89. The first-order valence-electron chi connectivity index (χ1n) is 11.8. The van der Waals surface area contributed by atoms with Crippen molar-refractivity contribution < 1.29 is 9.47 Å². The number of aromatic nitrogens is 1. The Hall–Kier alpha value is -3.32. The second-order valence-corrected chi connectivity index (χ2v) is 10.7. The van der Waals surface area contributed by atoms with Gasteiger partial charge in [-0.2, -0.15) is 0 Å². The maximum atomic E-state index is 14.0. The van der Waals surface area contributed by atoms with Gasteiger partial charge in [0.05, 0.1) is 30.5 Å². The standard InChI is InChI=1S/C29H22Cl2N2O3S/c1-35-19-9-12-24(36-2)17(13-19)14-25-28(34)33-27(21-11-8-18(30)15-23(21)31)22-10-7-16-5-3-4-6-20(16)26(22)32-29(33)37-25/h3-6,8-9,11-15,27H,7,10H2,1-2H3. The van der Waals surface area contributed by atoms with E-state index in [0.29, 0.717) is 30.9 Å². The molecule has 4 aromatic rings. The number of ether oxygens (including phenoxy) is 2. The van der Waals surface area contributed by atoms with Crippen molar-refractivity contribution in [2.24, 2.45) is 4.99 Å². The molecule has 3 aromatic carbocycles.